The quantitative estimate of drug-likeness (QED) is 0.430. The molecule has 3 aromatic carbocycles. The number of carbonyl (C=O) groups excluding carboxylic acids is 1. The van der Waals surface area contributed by atoms with Gasteiger partial charge in [-0.2, -0.15) is 0 Å². The molecular weight excluding hydrogens is 488 g/mol. The fourth-order valence-electron chi connectivity index (χ4n) is 3.66. The molecule has 3 aromatic rings. The minimum atomic E-state index is -4.03. The van der Waals surface area contributed by atoms with Gasteiger partial charge in [0.2, 0.25) is 5.91 Å². The highest BCUT2D eigenvalue weighted by Gasteiger charge is 2.29. The third-order valence-corrected chi connectivity index (χ3v) is 7.62. The normalized spacial score (nSPS) is 12.1. The van der Waals surface area contributed by atoms with Crippen molar-refractivity contribution in [2.45, 2.75) is 31.7 Å². The monoisotopic (exact) mass is 516 g/mol. The molecule has 0 spiro atoms. The molecule has 0 radical (unpaired) electrons. The molecule has 0 aliphatic carbocycles. The number of sulfonamides is 1. The van der Waals surface area contributed by atoms with Gasteiger partial charge in [0.25, 0.3) is 10.0 Å². The summed E-state index contributed by atoms with van der Waals surface area (Å²) in [6.07, 6.45) is 0. The Bertz CT molecular complexity index is 1310. The highest BCUT2D eigenvalue weighted by atomic mass is 35.5. The number of amides is 1. The van der Waals surface area contributed by atoms with E-state index in [9.17, 15) is 13.2 Å². The van der Waals surface area contributed by atoms with Crippen molar-refractivity contribution in [1.82, 2.24) is 5.32 Å². The van der Waals surface area contributed by atoms with E-state index >= 15 is 0 Å². The first-order chi connectivity index (χ1) is 16.6. The van der Waals surface area contributed by atoms with Gasteiger partial charge in [0.15, 0.2) is 11.5 Å². The minimum absolute atomic E-state index is 0.0955. The van der Waals surface area contributed by atoms with Gasteiger partial charge in [0.05, 0.1) is 30.8 Å². The average molecular weight is 517 g/mol. The fourth-order valence-corrected chi connectivity index (χ4v) is 5.37. The zero-order valence-electron chi connectivity index (χ0n) is 20.3. The van der Waals surface area contributed by atoms with Crippen LogP contribution in [-0.4, -0.2) is 35.1 Å². The number of aryl methyl sites for hydroxylation is 2. The lowest BCUT2D eigenvalue weighted by atomic mass is 10.1. The van der Waals surface area contributed by atoms with Crippen molar-refractivity contribution in [3.8, 4) is 11.5 Å². The Labute approximate surface area is 211 Å². The molecule has 1 unspecified atom stereocenters. The van der Waals surface area contributed by atoms with Crippen molar-refractivity contribution in [3.63, 3.8) is 0 Å². The number of hydrogen-bond acceptors (Lipinski definition) is 5. The predicted octanol–water partition coefficient (Wildman–Crippen LogP) is 5.05. The summed E-state index contributed by atoms with van der Waals surface area (Å²) in [6, 6.07) is 16.3. The maximum absolute atomic E-state index is 13.6. The van der Waals surface area contributed by atoms with E-state index in [-0.39, 0.29) is 4.90 Å². The highest BCUT2D eigenvalue weighted by molar-refractivity contribution is 7.92. The first-order valence-corrected chi connectivity index (χ1v) is 12.8. The Balaban J connectivity index is 1.91. The van der Waals surface area contributed by atoms with Gasteiger partial charge in [-0.1, -0.05) is 35.4 Å². The zero-order valence-corrected chi connectivity index (χ0v) is 21.9. The van der Waals surface area contributed by atoms with E-state index in [2.05, 4.69) is 5.32 Å². The molecule has 0 saturated carbocycles. The number of anilines is 1. The maximum atomic E-state index is 13.6. The molecule has 0 aliphatic rings. The molecule has 9 heteroatoms. The molecule has 0 aromatic heterocycles. The van der Waals surface area contributed by atoms with E-state index in [1.807, 2.05) is 19.9 Å². The average Bonchev–Trinajstić information content (AvgIpc) is 2.82. The van der Waals surface area contributed by atoms with Gasteiger partial charge in [0, 0.05) is 5.02 Å². The molecule has 7 nitrogen and oxygen atoms in total. The summed E-state index contributed by atoms with van der Waals surface area (Å²) in [4.78, 5) is 13.2. The van der Waals surface area contributed by atoms with Gasteiger partial charge in [-0.05, 0) is 74.4 Å². The summed E-state index contributed by atoms with van der Waals surface area (Å²) in [5.41, 5.74) is 2.73. The highest BCUT2D eigenvalue weighted by Crippen LogP contribution is 2.31. The maximum Gasteiger partial charge on any atom is 0.264 e. The molecule has 35 heavy (non-hydrogen) atoms. The summed E-state index contributed by atoms with van der Waals surface area (Å²) in [6.45, 7) is 5.03. The second-order valence-electron chi connectivity index (χ2n) is 8.16. The van der Waals surface area contributed by atoms with Crippen LogP contribution in [0.15, 0.2) is 65.6 Å². The molecule has 0 bridgehead atoms. The summed E-state index contributed by atoms with van der Waals surface area (Å²) < 4.78 is 38.9. The van der Waals surface area contributed by atoms with Crippen LogP contribution in [0.4, 0.5) is 5.69 Å². The fraction of sp³-hybridized carbons (Fsp3) is 0.269. The van der Waals surface area contributed by atoms with Crippen LogP contribution in [-0.2, 0) is 14.8 Å². The van der Waals surface area contributed by atoms with Crippen molar-refractivity contribution in [3.05, 3.63) is 82.4 Å². The van der Waals surface area contributed by atoms with Gasteiger partial charge < -0.3 is 14.8 Å². The Morgan fingerprint density at radius 3 is 2.23 bits per heavy atom. The summed E-state index contributed by atoms with van der Waals surface area (Å²) >= 11 is 6.09. The Morgan fingerprint density at radius 1 is 0.971 bits per heavy atom. The summed E-state index contributed by atoms with van der Waals surface area (Å²) in [5.74, 6) is 0.646. The third kappa shape index (κ3) is 6.07. The van der Waals surface area contributed by atoms with E-state index in [0.717, 1.165) is 15.4 Å². The van der Waals surface area contributed by atoms with Gasteiger partial charge in [-0.25, -0.2) is 8.42 Å². The molecule has 0 fully saturated rings. The van der Waals surface area contributed by atoms with E-state index in [1.54, 1.807) is 56.5 Å². The number of hydrogen-bond donors (Lipinski definition) is 1. The summed E-state index contributed by atoms with van der Waals surface area (Å²) in [5, 5.41) is 3.36. The van der Waals surface area contributed by atoms with Crippen molar-refractivity contribution >= 4 is 33.2 Å². The lowest BCUT2D eigenvalue weighted by molar-refractivity contribution is -0.120. The Morgan fingerprint density at radius 2 is 1.63 bits per heavy atom. The molecule has 0 heterocycles. The van der Waals surface area contributed by atoms with Crippen LogP contribution in [0, 0.1) is 13.8 Å². The number of rotatable bonds is 9. The van der Waals surface area contributed by atoms with Crippen molar-refractivity contribution in [1.29, 1.82) is 0 Å². The minimum Gasteiger partial charge on any atom is -0.493 e. The van der Waals surface area contributed by atoms with Crippen LogP contribution < -0.4 is 19.1 Å². The predicted molar refractivity (Wildman–Crippen MR) is 138 cm³/mol. The van der Waals surface area contributed by atoms with E-state index in [0.29, 0.717) is 27.8 Å². The Kier molecular flexibility index (Phi) is 8.30. The number of benzene rings is 3. The largest absolute Gasteiger partial charge is 0.493 e. The number of nitrogens with zero attached hydrogens (tertiary/aromatic N) is 1. The van der Waals surface area contributed by atoms with Crippen LogP contribution in [0.5, 0.6) is 11.5 Å². The van der Waals surface area contributed by atoms with Crippen molar-refractivity contribution in [2.75, 3.05) is 25.1 Å². The first-order valence-electron chi connectivity index (χ1n) is 10.9. The van der Waals surface area contributed by atoms with Crippen molar-refractivity contribution in [2.24, 2.45) is 0 Å². The molecular formula is C26H29ClN2O5S. The van der Waals surface area contributed by atoms with Crippen LogP contribution in [0.1, 0.15) is 29.7 Å². The summed E-state index contributed by atoms with van der Waals surface area (Å²) in [7, 11) is -0.947. The lowest BCUT2D eigenvalue weighted by Crippen LogP contribution is -2.41. The molecule has 1 N–H and O–H groups in total. The van der Waals surface area contributed by atoms with E-state index < -0.39 is 28.5 Å². The third-order valence-electron chi connectivity index (χ3n) is 5.61. The zero-order chi connectivity index (χ0) is 25.8. The smallest absolute Gasteiger partial charge is 0.264 e. The molecule has 1 atom stereocenters. The van der Waals surface area contributed by atoms with Crippen LogP contribution >= 0.6 is 11.6 Å². The van der Waals surface area contributed by atoms with Gasteiger partial charge >= 0.3 is 0 Å². The Hall–Kier alpha value is -3.23. The lowest BCUT2D eigenvalue weighted by Gasteiger charge is -2.26. The van der Waals surface area contributed by atoms with Crippen LogP contribution in [0.3, 0.4) is 0 Å². The van der Waals surface area contributed by atoms with Gasteiger partial charge in [-0.15, -0.1) is 0 Å². The van der Waals surface area contributed by atoms with Crippen LogP contribution in [0.2, 0.25) is 5.02 Å². The number of ether oxygens (including phenoxy) is 2. The molecule has 0 aliphatic heterocycles. The van der Waals surface area contributed by atoms with Crippen LogP contribution in [0.25, 0.3) is 0 Å². The number of halogens is 1. The molecule has 3 rings (SSSR count). The van der Waals surface area contributed by atoms with Gasteiger partial charge in [-0.3, -0.25) is 9.10 Å². The second-order valence-corrected chi connectivity index (χ2v) is 10.5. The SMILES string of the molecule is COc1ccc(C(C)NC(=O)CN(c2ccc(Cl)cc2C)S(=O)(=O)c2ccc(C)cc2)cc1OC. The van der Waals surface area contributed by atoms with Gasteiger partial charge in [0.1, 0.15) is 6.54 Å². The van der Waals surface area contributed by atoms with E-state index in [1.165, 1.54) is 19.2 Å². The molecule has 1 amide bonds. The number of nitrogens with one attached hydrogen (secondary N) is 1. The molecule has 0 saturated heterocycles. The second kappa shape index (κ2) is 11.0. The topological polar surface area (TPSA) is 84.9 Å². The number of carbonyl (C=O) groups is 1. The molecule has 186 valence electrons. The van der Waals surface area contributed by atoms with E-state index in [4.69, 9.17) is 21.1 Å². The number of methoxy groups -OCH3 is 2. The standard InChI is InChI=1S/C26H29ClN2O5S/c1-17-6-10-22(11-7-17)35(31,32)29(23-12-9-21(27)14-18(23)2)16-26(30)28-19(3)20-8-13-24(33-4)25(15-20)34-5/h6-15,19H,16H2,1-5H3,(H,28,30). The first kappa shape index (κ1) is 26.4. The van der Waals surface area contributed by atoms with Crippen molar-refractivity contribution < 1.29 is 22.7 Å².